The molecule has 0 amide bonds. The van der Waals surface area contributed by atoms with E-state index in [-0.39, 0.29) is 18.1 Å². The first-order valence-corrected chi connectivity index (χ1v) is 5.29. The summed E-state index contributed by atoms with van der Waals surface area (Å²) in [5.41, 5.74) is 6.10. The average Bonchev–Trinajstić information content (AvgIpc) is 2.25. The number of hydrogen-bond donors (Lipinski definition) is 1. The highest BCUT2D eigenvalue weighted by atomic mass is 35.5. The van der Waals surface area contributed by atoms with Crippen LogP contribution in [-0.4, -0.2) is 18.6 Å². The highest BCUT2D eigenvalue weighted by Crippen LogP contribution is 2.20. The second kappa shape index (κ2) is 5.82. The number of nitrogens with two attached hydrogens (primary N) is 1. The maximum Gasteiger partial charge on any atom is 0.323 e. The first kappa shape index (κ1) is 12.9. The molecular formula is C11H13ClFNO2. The summed E-state index contributed by atoms with van der Waals surface area (Å²) in [7, 11) is 0. The van der Waals surface area contributed by atoms with Crippen LogP contribution in [0, 0.1) is 5.82 Å². The van der Waals surface area contributed by atoms with E-state index in [1.54, 1.807) is 13.0 Å². The lowest BCUT2D eigenvalue weighted by Gasteiger charge is -2.11. The fourth-order valence-electron chi connectivity index (χ4n) is 1.28. The van der Waals surface area contributed by atoms with E-state index in [1.165, 1.54) is 12.1 Å². The number of ether oxygens (including phenoxy) is 1. The van der Waals surface area contributed by atoms with Crippen molar-refractivity contribution in [2.24, 2.45) is 5.73 Å². The van der Waals surface area contributed by atoms with Gasteiger partial charge in [-0.25, -0.2) is 4.39 Å². The van der Waals surface area contributed by atoms with E-state index >= 15 is 0 Å². The average molecular weight is 246 g/mol. The lowest BCUT2D eigenvalue weighted by Crippen LogP contribution is -2.34. The van der Waals surface area contributed by atoms with Crippen molar-refractivity contribution < 1.29 is 13.9 Å². The Morgan fingerprint density at radius 1 is 1.62 bits per heavy atom. The molecule has 0 saturated heterocycles. The van der Waals surface area contributed by atoms with Gasteiger partial charge in [0.15, 0.2) is 0 Å². The van der Waals surface area contributed by atoms with Crippen LogP contribution in [0.4, 0.5) is 4.39 Å². The molecule has 5 heteroatoms. The van der Waals surface area contributed by atoms with E-state index in [9.17, 15) is 9.18 Å². The Labute approximate surface area is 98.3 Å². The van der Waals surface area contributed by atoms with E-state index < -0.39 is 17.8 Å². The molecule has 0 radical (unpaired) electrons. The number of carbonyl (C=O) groups is 1. The topological polar surface area (TPSA) is 52.3 Å². The molecular weight excluding hydrogens is 233 g/mol. The number of esters is 1. The SMILES string of the molecule is CCOC(=O)C(N)Cc1cccc(F)c1Cl. The molecule has 1 rings (SSSR count). The van der Waals surface area contributed by atoms with Crippen LogP contribution >= 0.6 is 11.6 Å². The monoisotopic (exact) mass is 245 g/mol. The summed E-state index contributed by atoms with van der Waals surface area (Å²) < 4.78 is 17.8. The van der Waals surface area contributed by atoms with Gasteiger partial charge in [0.1, 0.15) is 11.9 Å². The van der Waals surface area contributed by atoms with E-state index in [2.05, 4.69) is 0 Å². The Kier molecular flexibility index (Phi) is 4.71. The summed E-state index contributed by atoms with van der Waals surface area (Å²) >= 11 is 5.74. The van der Waals surface area contributed by atoms with E-state index in [0.717, 1.165) is 0 Å². The normalized spacial score (nSPS) is 12.2. The fourth-order valence-corrected chi connectivity index (χ4v) is 1.48. The Morgan fingerprint density at radius 2 is 2.31 bits per heavy atom. The molecule has 0 bridgehead atoms. The van der Waals surface area contributed by atoms with Crippen molar-refractivity contribution in [2.75, 3.05) is 6.61 Å². The summed E-state index contributed by atoms with van der Waals surface area (Å²) in [6.45, 7) is 1.96. The van der Waals surface area contributed by atoms with Gasteiger partial charge in [-0.05, 0) is 25.0 Å². The molecule has 0 aromatic heterocycles. The number of halogens is 2. The molecule has 2 N–H and O–H groups in total. The summed E-state index contributed by atoms with van der Waals surface area (Å²) in [4.78, 5) is 11.3. The molecule has 16 heavy (non-hydrogen) atoms. The van der Waals surface area contributed by atoms with Gasteiger partial charge in [-0.3, -0.25) is 4.79 Å². The summed E-state index contributed by atoms with van der Waals surface area (Å²) in [5.74, 6) is -1.03. The predicted octanol–water partition coefficient (Wildman–Crippen LogP) is 1.91. The Bertz CT molecular complexity index is 384. The van der Waals surface area contributed by atoms with Crippen LogP contribution in [0.3, 0.4) is 0 Å². The van der Waals surface area contributed by atoms with Crippen LogP contribution in [0.5, 0.6) is 0 Å². The van der Waals surface area contributed by atoms with Crippen LogP contribution in [0.2, 0.25) is 5.02 Å². The van der Waals surface area contributed by atoms with Gasteiger partial charge in [-0.1, -0.05) is 23.7 Å². The molecule has 0 spiro atoms. The minimum atomic E-state index is -0.820. The zero-order valence-corrected chi connectivity index (χ0v) is 9.63. The zero-order chi connectivity index (χ0) is 12.1. The van der Waals surface area contributed by atoms with Gasteiger partial charge < -0.3 is 10.5 Å². The number of carbonyl (C=O) groups excluding carboxylic acids is 1. The van der Waals surface area contributed by atoms with E-state index in [0.29, 0.717) is 5.56 Å². The molecule has 0 aliphatic carbocycles. The lowest BCUT2D eigenvalue weighted by molar-refractivity contribution is -0.144. The summed E-state index contributed by atoms with van der Waals surface area (Å²) in [6.07, 6.45) is 0.162. The maximum absolute atomic E-state index is 13.1. The molecule has 1 aromatic rings. The molecule has 3 nitrogen and oxygen atoms in total. The van der Waals surface area contributed by atoms with Crippen LogP contribution in [0.25, 0.3) is 0 Å². The predicted molar refractivity (Wildman–Crippen MR) is 59.7 cm³/mol. The van der Waals surface area contributed by atoms with Crippen LogP contribution < -0.4 is 5.73 Å². The Morgan fingerprint density at radius 3 is 2.94 bits per heavy atom. The molecule has 1 aromatic carbocycles. The minimum absolute atomic E-state index is 0.00208. The lowest BCUT2D eigenvalue weighted by atomic mass is 10.1. The van der Waals surface area contributed by atoms with E-state index in [1.807, 2.05) is 0 Å². The van der Waals surface area contributed by atoms with Crippen LogP contribution in [0.15, 0.2) is 18.2 Å². The Balaban J connectivity index is 2.73. The molecule has 0 saturated carbocycles. The second-order valence-corrected chi connectivity index (χ2v) is 3.65. The molecule has 1 unspecified atom stereocenters. The summed E-state index contributed by atoms with van der Waals surface area (Å²) in [5, 5.41) is 0.00208. The second-order valence-electron chi connectivity index (χ2n) is 3.28. The molecule has 0 aliphatic heterocycles. The number of benzene rings is 1. The molecule has 88 valence electrons. The van der Waals surface area contributed by atoms with Crippen LogP contribution in [-0.2, 0) is 16.0 Å². The van der Waals surface area contributed by atoms with Gasteiger partial charge >= 0.3 is 5.97 Å². The quantitative estimate of drug-likeness (QED) is 0.825. The number of hydrogen-bond acceptors (Lipinski definition) is 3. The van der Waals surface area contributed by atoms with E-state index in [4.69, 9.17) is 22.1 Å². The number of rotatable bonds is 4. The van der Waals surface area contributed by atoms with Gasteiger partial charge in [0.05, 0.1) is 11.6 Å². The van der Waals surface area contributed by atoms with Crippen molar-refractivity contribution in [1.29, 1.82) is 0 Å². The molecule has 0 aliphatic rings. The molecule has 0 fully saturated rings. The third kappa shape index (κ3) is 3.18. The highest BCUT2D eigenvalue weighted by Gasteiger charge is 2.17. The van der Waals surface area contributed by atoms with Crippen LogP contribution in [0.1, 0.15) is 12.5 Å². The van der Waals surface area contributed by atoms with Crippen molar-refractivity contribution in [3.8, 4) is 0 Å². The van der Waals surface area contributed by atoms with Crippen molar-refractivity contribution in [1.82, 2.24) is 0 Å². The van der Waals surface area contributed by atoms with Gasteiger partial charge in [0, 0.05) is 0 Å². The van der Waals surface area contributed by atoms with Crippen molar-refractivity contribution in [2.45, 2.75) is 19.4 Å². The minimum Gasteiger partial charge on any atom is -0.465 e. The fraction of sp³-hybridized carbons (Fsp3) is 0.364. The first-order valence-electron chi connectivity index (χ1n) is 4.91. The molecule has 0 heterocycles. The van der Waals surface area contributed by atoms with Crippen molar-refractivity contribution in [3.05, 3.63) is 34.6 Å². The van der Waals surface area contributed by atoms with Crippen molar-refractivity contribution in [3.63, 3.8) is 0 Å². The van der Waals surface area contributed by atoms with Crippen molar-refractivity contribution >= 4 is 17.6 Å². The summed E-state index contributed by atoms with van der Waals surface area (Å²) in [6, 6.07) is 3.58. The largest absolute Gasteiger partial charge is 0.465 e. The molecule has 1 atom stereocenters. The third-order valence-electron chi connectivity index (χ3n) is 2.06. The van der Waals surface area contributed by atoms with Gasteiger partial charge in [-0.15, -0.1) is 0 Å². The Hall–Kier alpha value is -1.13. The first-order chi connectivity index (χ1) is 7.56. The van der Waals surface area contributed by atoms with Gasteiger partial charge in [0.25, 0.3) is 0 Å². The highest BCUT2D eigenvalue weighted by molar-refractivity contribution is 6.31. The van der Waals surface area contributed by atoms with Gasteiger partial charge in [0.2, 0.25) is 0 Å². The maximum atomic E-state index is 13.1. The standard InChI is InChI=1S/C11H13ClFNO2/c1-2-16-11(15)9(14)6-7-4-3-5-8(13)10(7)12/h3-5,9H,2,6,14H2,1H3. The van der Waals surface area contributed by atoms with Gasteiger partial charge in [-0.2, -0.15) is 0 Å². The smallest absolute Gasteiger partial charge is 0.323 e. The third-order valence-corrected chi connectivity index (χ3v) is 2.48. The zero-order valence-electron chi connectivity index (χ0n) is 8.87.